The van der Waals surface area contributed by atoms with Crippen molar-refractivity contribution in [2.24, 2.45) is 0 Å². The van der Waals surface area contributed by atoms with Crippen molar-refractivity contribution in [2.75, 3.05) is 0 Å². The first-order chi connectivity index (χ1) is 12.7. The summed E-state index contributed by atoms with van der Waals surface area (Å²) in [5.74, 6) is 1.80. The number of thiazole rings is 1. The minimum absolute atomic E-state index is 0.385. The molecular formula is C16H12ClN5O2S2. The van der Waals surface area contributed by atoms with Crippen molar-refractivity contribution in [3.63, 3.8) is 0 Å². The highest BCUT2D eigenvalue weighted by molar-refractivity contribution is 7.98. The zero-order chi connectivity index (χ0) is 17.9. The average molecular weight is 406 g/mol. The number of thioether (sulfide) groups is 1. The smallest absolute Gasteiger partial charge is 0.277 e. The van der Waals surface area contributed by atoms with Crippen LogP contribution >= 0.6 is 34.7 Å². The van der Waals surface area contributed by atoms with E-state index in [-0.39, 0.29) is 0 Å². The summed E-state index contributed by atoms with van der Waals surface area (Å²) in [7, 11) is 0. The molecule has 0 aliphatic carbocycles. The number of halogens is 1. The Balaban J connectivity index is 1.38. The van der Waals surface area contributed by atoms with Gasteiger partial charge in [0.1, 0.15) is 0 Å². The van der Waals surface area contributed by atoms with Crippen molar-refractivity contribution in [3.05, 3.63) is 57.2 Å². The van der Waals surface area contributed by atoms with Crippen LogP contribution < -0.4 is 0 Å². The Morgan fingerprint density at radius 1 is 1.08 bits per heavy atom. The van der Waals surface area contributed by atoms with E-state index < -0.39 is 0 Å². The van der Waals surface area contributed by atoms with E-state index in [2.05, 4.69) is 25.4 Å². The number of aryl methyl sites for hydroxylation is 1. The maximum Gasteiger partial charge on any atom is 0.277 e. The van der Waals surface area contributed by atoms with Crippen molar-refractivity contribution >= 4 is 34.7 Å². The summed E-state index contributed by atoms with van der Waals surface area (Å²) in [5, 5.41) is 20.1. The van der Waals surface area contributed by atoms with Crippen LogP contribution in [0.1, 0.15) is 22.5 Å². The van der Waals surface area contributed by atoms with Crippen LogP contribution in [-0.4, -0.2) is 25.4 Å². The second-order valence-corrected chi connectivity index (χ2v) is 7.66. The van der Waals surface area contributed by atoms with Gasteiger partial charge in [0.25, 0.3) is 5.22 Å². The number of rotatable bonds is 6. The molecule has 0 bridgehead atoms. The van der Waals surface area contributed by atoms with E-state index in [1.54, 1.807) is 17.4 Å². The van der Waals surface area contributed by atoms with Crippen LogP contribution in [0.15, 0.2) is 43.7 Å². The van der Waals surface area contributed by atoms with Crippen LogP contribution in [0.4, 0.5) is 0 Å². The molecule has 0 saturated heterocycles. The van der Waals surface area contributed by atoms with Gasteiger partial charge in [-0.25, -0.2) is 4.98 Å². The molecule has 7 nitrogen and oxygen atoms in total. The van der Waals surface area contributed by atoms with Crippen molar-refractivity contribution < 1.29 is 8.83 Å². The lowest BCUT2D eigenvalue weighted by atomic mass is 10.2. The second kappa shape index (κ2) is 7.56. The summed E-state index contributed by atoms with van der Waals surface area (Å²) in [6, 6.07) is 7.32. The summed E-state index contributed by atoms with van der Waals surface area (Å²) in [6.07, 6.45) is 0.523. The monoisotopic (exact) mass is 405 g/mol. The van der Waals surface area contributed by atoms with Crippen molar-refractivity contribution in [1.82, 2.24) is 25.4 Å². The van der Waals surface area contributed by atoms with Crippen LogP contribution in [0.3, 0.4) is 0 Å². The molecule has 0 N–H and O–H groups in total. The summed E-state index contributed by atoms with van der Waals surface area (Å²) in [6.45, 7) is 1.96. The fraction of sp³-hybridized carbons (Fsp3) is 0.188. The van der Waals surface area contributed by atoms with Gasteiger partial charge in [-0.1, -0.05) is 35.5 Å². The standard InChI is InChI=1S/C16H12ClN5O2S2/c1-9-18-10(7-25-9)6-13-19-22-16(24-13)26-8-14-20-21-15(23-14)11-4-2-3-5-12(11)17/h2-5,7H,6,8H2,1H3. The summed E-state index contributed by atoms with van der Waals surface area (Å²) in [5.41, 5.74) is 1.63. The van der Waals surface area contributed by atoms with Gasteiger partial charge >= 0.3 is 0 Å². The van der Waals surface area contributed by atoms with E-state index in [9.17, 15) is 0 Å². The number of nitrogens with zero attached hydrogens (tertiary/aromatic N) is 5. The lowest BCUT2D eigenvalue weighted by molar-refractivity contribution is 0.418. The third kappa shape index (κ3) is 3.95. The van der Waals surface area contributed by atoms with Gasteiger partial charge in [0.2, 0.25) is 17.7 Å². The summed E-state index contributed by atoms with van der Waals surface area (Å²) in [4.78, 5) is 4.39. The molecule has 4 aromatic rings. The normalized spacial score (nSPS) is 11.2. The van der Waals surface area contributed by atoms with Gasteiger partial charge in [0.15, 0.2) is 0 Å². The molecule has 132 valence electrons. The largest absolute Gasteiger partial charge is 0.420 e. The highest BCUT2D eigenvalue weighted by Crippen LogP contribution is 2.28. The number of benzene rings is 1. The Morgan fingerprint density at radius 3 is 2.73 bits per heavy atom. The van der Waals surface area contributed by atoms with Crippen LogP contribution in [0.2, 0.25) is 5.02 Å². The van der Waals surface area contributed by atoms with Gasteiger partial charge in [0, 0.05) is 5.38 Å². The molecule has 0 saturated carbocycles. The topological polar surface area (TPSA) is 90.7 Å². The lowest BCUT2D eigenvalue weighted by Gasteiger charge is -1.96. The molecule has 0 aliphatic heterocycles. The number of hydrogen-bond acceptors (Lipinski definition) is 9. The van der Waals surface area contributed by atoms with Gasteiger partial charge in [0.05, 0.1) is 33.5 Å². The molecule has 0 aliphatic rings. The van der Waals surface area contributed by atoms with E-state index in [0.717, 1.165) is 10.7 Å². The molecule has 0 radical (unpaired) electrons. The predicted molar refractivity (Wildman–Crippen MR) is 98.3 cm³/mol. The molecular weight excluding hydrogens is 394 g/mol. The van der Waals surface area contributed by atoms with Crippen molar-refractivity contribution in [2.45, 2.75) is 24.3 Å². The SMILES string of the molecule is Cc1nc(Cc2nnc(SCc3nnc(-c4ccccc4Cl)o3)o2)cs1. The molecule has 0 spiro atoms. The van der Waals surface area contributed by atoms with Crippen LogP contribution in [0, 0.1) is 6.92 Å². The third-order valence-electron chi connectivity index (χ3n) is 3.34. The molecule has 4 rings (SSSR count). The first-order valence-electron chi connectivity index (χ1n) is 7.61. The predicted octanol–water partition coefficient (Wildman–Crippen LogP) is 4.42. The number of hydrogen-bond donors (Lipinski definition) is 0. The minimum Gasteiger partial charge on any atom is -0.420 e. The highest BCUT2D eigenvalue weighted by atomic mass is 35.5. The van der Waals surface area contributed by atoms with E-state index >= 15 is 0 Å². The Hall–Kier alpha value is -2.23. The quantitative estimate of drug-likeness (QED) is 0.435. The first-order valence-corrected chi connectivity index (χ1v) is 9.85. The average Bonchev–Trinajstić information content (AvgIpc) is 3.36. The minimum atomic E-state index is 0.385. The zero-order valence-electron chi connectivity index (χ0n) is 13.5. The fourth-order valence-electron chi connectivity index (χ4n) is 2.19. The molecule has 0 atom stereocenters. The Labute approximate surface area is 161 Å². The van der Waals surface area contributed by atoms with Crippen LogP contribution in [0.5, 0.6) is 0 Å². The first kappa shape index (κ1) is 17.2. The van der Waals surface area contributed by atoms with E-state index in [1.807, 2.05) is 30.5 Å². The Bertz CT molecular complexity index is 1030. The lowest BCUT2D eigenvalue weighted by Crippen LogP contribution is -1.88. The fourth-order valence-corrected chi connectivity index (χ4v) is 3.64. The van der Waals surface area contributed by atoms with Crippen LogP contribution in [0.25, 0.3) is 11.5 Å². The van der Waals surface area contributed by atoms with Crippen molar-refractivity contribution in [1.29, 1.82) is 0 Å². The molecule has 3 aromatic heterocycles. The number of aromatic nitrogens is 5. The summed E-state index contributed by atoms with van der Waals surface area (Å²) >= 11 is 9.07. The van der Waals surface area contributed by atoms with Gasteiger partial charge in [-0.05, 0) is 19.1 Å². The molecule has 0 fully saturated rings. The van der Waals surface area contributed by atoms with E-state index in [1.165, 1.54) is 11.8 Å². The van der Waals surface area contributed by atoms with E-state index in [4.69, 9.17) is 20.4 Å². The van der Waals surface area contributed by atoms with Gasteiger partial charge in [-0.2, -0.15) is 0 Å². The molecule has 0 amide bonds. The molecule has 26 heavy (non-hydrogen) atoms. The van der Waals surface area contributed by atoms with Gasteiger partial charge in [-0.15, -0.1) is 31.7 Å². The molecule has 1 aromatic carbocycles. The van der Waals surface area contributed by atoms with Crippen molar-refractivity contribution in [3.8, 4) is 11.5 Å². The van der Waals surface area contributed by atoms with Gasteiger partial charge in [-0.3, -0.25) is 0 Å². The zero-order valence-corrected chi connectivity index (χ0v) is 15.9. The van der Waals surface area contributed by atoms with Gasteiger partial charge < -0.3 is 8.83 Å². The molecule has 3 heterocycles. The Kier molecular flexibility index (Phi) is 5.00. The highest BCUT2D eigenvalue weighted by Gasteiger charge is 2.14. The molecule has 0 unspecified atom stereocenters. The maximum absolute atomic E-state index is 6.14. The van der Waals surface area contributed by atoms with E-state index in [0.29, 0.717) is 45.7 Å². The maximum atomic E-state index is 6.14. The second-order valence-electron chi connectivity index (χ2n) is 5.27. The third-order valence-corrected chi connectivity index (χ3v) is 5.29. The summed E-state index contributed by atoms with van der Waals surface area (Å²) < 4.78 is 11.3. The Morgan fingerprint density at radius 2 is 1.92 bits per heavy atom. The molecule has 10 heteroatoms. The van der Waals surface area contributed by atoms with Crippen LogP contribution in [-0.2, 0) is 12.2 Å².